The summed E-state index contributed by atoms with van der Waals surface area (Å²) in [5.41, 5.74) is 1.52. The van der Waals surface area contributed by atoms with E-state index < -0.39 is 11.4 Å². The van der Waals surface area contributed by atoms with E-state index in [0.717, 1.165) is 21.2 Å². The number of phenols is 1. The summed E-state index contributed by atoms with van der Waals surface area (Å²) in [6.45, 7) is 6.98. The molecule has 0 aliphatic heterocycles. The second-order valence-electron chi connectivity index (χ2n) is 4.99. The van der Waals surface area contributed by atoms with Gasteiger partial charge in [-0.05, 0) is 56.9 Å². The van der Waals surface area contributed by atoms with Crippen LogP contribution in [0.25, 0.3) is 0 Å². The lowest BCUT2D eigenvalue weighted by atomic mass is 9.84. The van der Waals surface area contributed by atoms with E-state index in [-0.39, 0.29) is 5.75 Å². The standard InChI is InChI=1S/C13H17BrO3/c1-7-5-10(14)9(8(2)11(7)15)6-13(3,4)12(16)17/h5,15H,6H2,1-4H3,(H,16,17). The highest BCUT2D eigenvalue weighted by Crippen LogP contribution is 2.35. The molecular weight excluding hydrogens is 284 g/mol. The van der Waals surface area contributed by atoms with Crippen molar-refractivity contribution in [2.75, 3.05) is 0 Å². The van der Waals surface area contributed by atoms with Crippen LogP contribution in [0.4, 0.5) is 0 Å². The minimum Gasteiger partial charge on any atom is -0.507 e. The summed E-state index contributed by atoms with van der Waals surface area (Å²) in [5, 5.41) is 19.0. The number of carboxylic acid groups (broad SMARTS) is 1. The van der Waals surface area contributed by atoms with Gasteiger partial charge in [0.15, 0.2) is 0 Å². The highest BCUT2D eigenvalue weighted by molar-refractivity contribution is 9.10. The Bertz CT molecular complexity index is 464. The van der Waals surface area contributed by atoms with E-state index in [4.69, 9.17) is 5.11 Å². The number of phenolic OH excluding ortho intramolecular Hbond substituents is 1. The number of carbonyl (C=O) groups is 1. The van der Waals surface area contributed by atoms with Gasteiger partial charge in [-0.3, -0.25) is 4.79 Å². The molecule has 0 radical (unpaired) electrons. The molecule has 1 aromatic carbocycles. The Morgan fingerprint density at radius 3 is 2.41 bits per heavy atom. The van der Waals surface area contributed by atoms with Gasteiger partial charge in [0.25, 0.3) is 0 Å². The summed E-state index contributed by atoms with van der Waals surface area (Å²) in [4.78, 5) is 11.1. The van der Waals surface area contributed by atoms with Gasteiger partial charge in [0, 0.05) is 4.47 Å². The third-order valence-electron chi connectivity index (χ3n) is 3.01. The third-order valence-corrected chi connectivity index (χ3v) is 3.72. The van der Waals surface area contributed by atoms with Crippen molar-refractivity contribution < 1.29 is 15.0 Å². The quantitative estimate of drug-likeness (QED) is 0.899. The van der Waals surface area contributed by atoms with Gasteiger partial charge in [0.2, 0.25) is 0 Å². The zero-order valence-electron chi connectivity index (χ0n) is 10.5. The van der Waals surface area contributed by atoms with E-state index in [1.54, 1.807) is 20.8 Å². The van der Waals surface area contributed by atoms with Crippen LogP contribution in [-0.2, 0) is 11.2 Å². The van der Waals surface area contributed by atoms with Gasteiger partial charge in [-0.15, -0.1) is 0 Å². The van der Waals surface area contributed by atoms with Crippen LogP contribution in [-0.4, -0.2) is 16.2 Å². The van der Waals surface area contributed by atoms with E-state index in [9.17, 15) is 9.90 Å². The van der Waals surface area contributed by atoms with Crippen LogP contribution < -0.4 is 0 Å². The molecule has 0 aliphatic carbocycles. The minimum atomic E-state index is -0.852. The van der Waals surface area contributed by atoms with Gasteiger partial charge in [-0.2, -0.15) is 0 Å². The topological polar surface area (TPSA) is 57.5 Å². The Hall–Kier alpha value is -1.03. The van der Waals surface area contributed by atoms with E-state index in [1.165, 1.54) is 0 Å². The van der Waals surface area contributed by atoms with Crippen LogP contribution in [0.5, 0.6) is 5.75 Å². The average molecular weight is 301 g/mol. The maximum absolute atomic E-state index is 11.1. The van der Waals surface area contributed by atoms with Crippen LogP contribution in [0.3, 0.4) is 0 Å². The Labute approximate surface area is 110 Å². The normalized spacial score (nSPS) is 11.6. The van der Waals surface area contributed by atoms with Gasteiger partial charge in [-0.1, -0.05) is 15.9 Å². The van der Waals surface area contributed by atoms with E-state index in [2.05, 4.69) is 15.9 Å². The van der Waals surface area contributed by atoms with Gasteiger partial charge >= 0.3 is 5.97 Å². The van der Waals surface area contributed by atoms with Gasteiger partial charge in [0.05, 0.1) is 5.41 Å². The van der Waals surface area contributed by atoms with Crippen LogP contribution in [0, 0.1) is 19.3 Å². The van der Waals surface area contributed by atoms with Gasteiger partial charge in [-0.25, -0.2) is 0 Å². The smallest absolute Gasteiger partial charge is 0.309 e. The van der Waals surface area contributed by atoms with Crippen molar-refractivity contribution in [1.29, 1.82) is 0 Å². The summed E-state index contributed by atoms with van der Waals surface area (Å²) < 4.78 is 0.847. The summed E-state index contributed by atoms with van der Waals surface area (Å²) >= 11 is 3.43. The fourth-order valence-corrected chi connectivity index (χ4v) is 2.48. The Morgan fingerprint density at radius 2 is 1.94 bits per heavy atom. The highest BCUT2D eigenvalue weighted by atomic mass is 79.9. The number of hydrogen-bond donors (Lipinski definition) is 2. The number of rotatable bonds is 3. The Balaban J connectivity index is 3.25. The number of aliphatic carboxylic acids is 1. The molecule has 1 rings (SSSR count). The molecule has 94 valence electrons. The van der Waals surface area contributed by atoms with E-state index in [0.29, 0.717) is 6.42 Å². The number of aryl methyl sites for hydroxylation is 1. The lowest BCUT2D eigenvalue weighted by Gasteiger charge is -2.22. The summed E-state index contributed by atoms with van der Waals surface area (Å²) in [6.07, 6.45) is 0.378. The van der Waals surface area contributed by atoms with Crippen molar-refractivity contribution in [3.63, 3.8) is 0 Å². The first-order valence-electron chi connectivity index (χ1n) is 5.37. The van der Waals surface area contributed by atoms with Crippen LogP contribution in [0.2, 0.25) is 0 Å². The summed E-state index contributed by atoms with van der Waals surface area (Å²) in [7, 11) is 0. The Kier molecular flexibility index (Phi) is 3.87. The number of aromatic hydroxyl groups is 1. The molecule has 0 aromatic heterocycles. The molecule has 0 amide bonds. The lowest BCUT2D eigenvalue weighted by molar-refractivity contribution is -0.146. The molecule has 0 atom stereocenters. The van der Waals surface area contributed by atoms with Crippen molar-refractivity contribution in [3.05, 3.63) is 27.2 Å². The first-order valence-corrected chi connectivity index (χ1v) is 6.17. The molecule has 17 heavy (non-hydrogen) atoms. The minimum absolute atomic E-state index is 0.240. The summed E-state index contributed by atoms with van der Waals surface area (Å²) in [6, 6.07) is 1.82. The maximum Gasteiger partial charge on any atom is 0.309 e. The van der Waals surface area contributed by atoms with Gasteiger partial charge < -0.3 is 10.2 Å². The number of halogens is 1. The largest absolute Gasteiger partial charge is 0.507 e. The first kappa shape index (κ1) is 14.0. The van der Waals surface area contributed by atoms with Crippen LogP contribution in [0.1, 0.15) is 30.5 Å². The maximum atomic E-state index is 11.1. The van der Waals surface area contributed by atoms with E-state index >= 15 is 0 Å². The van der Waals surface area contributed by atoms with Crippen molar-refractivity contribution >= 4 is 21.9 Å². The van der Waals surface area contributed by atoms with E-state index in [1.807, 2.05) is 13.0 Å². The molecule has 0 bridgehead atoms. The molecule has 0 heterocycles. The zero-order valence-corrected chi connectivity index (χ0v) is 12.1. The predicted molar refractivity (Wildman–Crippen MR) is 70.4 cm³/mol. The second-order valence-corrected chi connectivity index (χ2v) is 5.85. The fraction of sp³-hybridized carbons (Fsp3) is 0.462. The molecule has 0 saturated carbocycles. The fourth-order valence-electron chi connectivity index (χ4n) is 1.70. The molecule has 4 heteroatoms. The van der Waals surface area contributed by atoms with Crippen molar-refractivity contribution in [2.45, 2.75) is 34.1 Å². The van der Waals surface area contributed by atoms with Gasteiger partial charge in [0.1, 0.15) is 5.75 Å². The molecule has 0 unspecified atom stereocenters. The number of benzene rings is 1. The number of hydrogen-bond acceptors (Lipinski definition) is 2. The monoisotopic (exact) mass is 300 g/mol. The average Bonchev–Trinajstić information content (AvgIpc) is 2.21. The molecular formula is C13H17BrO3. The molecule has 3 nitrogen and oxygen atoms in total. The third kappa shape index (κ3) is 2.80. The molecule has 0 saturated heterocycles. The summed E-state index contributed by atoms with van der Waals surface area (Å²) in [5.74, 6) is -0.603. The SMILES string of the molecule is Cc1cc(Br)c(CC(C)(C)C(=O)O)c(C)c1O. The lowest BCUT2D eigenvalue weighted by Crippen LogP contribution is -2.26. The molecule has 0 aliphatic rings. The molecule has 1 aromatic rings. The molecule has 0 spiro atoms. The highest BCUT2D eigenvalue weighted by Gasteiger charge is 2.29. The van der Waals surface area contributed by atoms with Crippen LogP contribution in [0.15, 0.2) is 10.5 Å². The van der Waals surface area contributed by atoms with Crippen LogP contribution >= 0.6 is 15.9 Å². The number of carboxylic acids is 1. The Morgan fingerprint density at radius 1 is 1.41 bits per heavy atom. The zero-order chi connectivity index (χ0) is 13.4. The van der Waals surface area contributed by atoms with Crippen molar-refractivity contribution in [3.8, 4) is 5.75 Å². The first-order chi connectivity index (χ1) is 7.66. The molecule has 2 N–H and O–H groups in total. The van der Waals surface area contributed by atoms with Crippen molar-refractivity contribution in [1.82, 2.24) is 0 Å². The van der Waals surface area contributed by atoms with Crippen molar-refractivity contribution in [2.24, 2.45) is 5.41 Å². The predicted octanol–water partition coefficient (Wildman–Crippen LogP) is 3.42. The second kappa shape index (κ2) is 4.69. The molecule has 0 fully saturated rings.